The highest BCUT2D eigenvalue weighted by Gasteiger charge is 2.31. The third-order valence-corrected chi connectivity index (χ3v) is 2.54. The molecule has 17 heavy (non-hydrogen) atoms. The first kappa shape index (κ1) is 14.1. The quantitative estimate of drug-likeness (QED) is 0.830. The zero-order valence-electron chi connectivity index (χ0n) is 11.0. The van der Waals surface area contributed by atoms with Crippen LogP contribution in [-0.4, -0.2) is 13.1 Å². The Kier molecular flexibility index (Phi) is 4.63. The fourth-order valence-corrected chi connectivity index (χ4v) is 1.81. The normalized spacial score (nSPS) is 12.2. The van der Waals surface area contributed by atoms with E-state index in [-0.39, 0.29) is 12.1 Å². The van der Waals surface area contributed by atoms with Gasteiger partial charge in [-0.1, -0.05) is 43.2 Å². The summed E-state index contributed by atoms with van der Waals surface area (Å²) in [7, 11) is 0. The van der Waals surface area contributed by atoms with Crippen LogP contribution < -0.4 is 5.32 Å². The Balaban J connectivity index is 2.74. The fraction of sp³-hybridized carbons (Fsp3) is 0.571. The van der Waals surface area contributed by atoms with E-state index in [1.165, 1.54) is 0 Å². The van der Waals surface area contributed by atoms with Crippen molar-refractivity contribution < 1.29 is 8.78 Å². The van der Waals surface area contributed by atoms with Crippen LogP contribution >= 0.6 is 0 Å². The Labute approximate surface area is 102 Å². The van der Waals surface area contributed by atoms with Gasteiger partial charge in [0.1, 0.15) is 0 Å². The molecule has 0 aromatic heterocycles. The van der Waals surface area contributed by atoms with E-state index >= 15 is 0 Å². The Bertz CT molecular complexity index is 352. The molecule has 1 aromatic rings. The second-order valence-electron chi connectivity index (χ2n) is 5.11. The second-order valence-corrected chi connectivity index (χ2v) is 5.11. The van der Waals surface area contributed by atoms with E-state index in [0.717, 1.165) is 11.1 Å². The second kappa shape index (κ2) is 5.58. The van der Waals surface area contributed by atoms with Crippen LogP contribution in [0.2, 0.25) is 0 Å². The number of halogens is 2. The summed E-state index contributed by atoms with van der Waals surface area (Å²) in [6.45, 7) is 8.00. The Hall–Kier alpha value is -0.960. The van der Waals surface area contributed by atoms with Gasteiger partial charge in [0.2, 0.25) is 0 Å². The molecule has 0 heterocycles. The van der Waals surface area contributed by atoms with Crippen LogP contribution in [-0.2, 0) is 5.92 Å². The van der Waals surface area contributed by atoms with Gasteiger partial charge in [0, 0.05) is 5.56 Å². The van der Waals surface area contributed by atoms with Crippen LogP contribution in [0.1, 0.15) is 30.5 Å². The molecule has 1 N–H and O–H groups in total. The zero-order valence-corrected chi connectivity index (χ0v) is 11.0. The van der Waals surface area contributed by atoms with E-state index < -0.39 is 5.92 Å². The molecule has 0 atom stereocenters. The van der Waals surface area contributed by atoms with Crippen molar-refractivity contribution in [2.75, 3.05) is 13.1 Å². The van der Waals surface area contributed by atoms with E-state index in [0.29, 0.717) is 12.5 Å². The van der Waals surface area contributed by atoms with Crippen molar-refractivity contribution in [1.29, 1.82) is 0 Å². The molecule has 0 spiro atoms. The summed E-state index contributed by atoms with van der Waals surface area (Å²) in [5, 5.41) is 2.81. The number of hydrogen-bond donors (Lipinski definition) is 1. The summed E-state index contributed by atoms with van der Waals surface area (Å²) in [4.78, 5) is 0. The van der Waals surface area contributed by atoms with Crippen molar-refractivity contribution in [3.05, 3.63) is 34.9 Å². The highest BCUT2D eigenvalue weighted by atomic mass is 19.3. The summed E-state index contributed by atoms with van der Waals surface area (Å²) in [6.07, 6.45) is 0. The Morgan fingerprint density at radius 2 is 1.65 bits per heavy atom. The molecule has 0 bridgehead atoms. The standard InChI is InChI=1S/C14H21F2N/c1-10(2)8-17-9-14(15,16)13-6-11(3)5-12(4)7-13/h5-7,10,17H,8-9H2,1-4H3. The molecule has 1 aromatic carbocycles. The SMILES string of the molecule is Cc1cc(C)cc(C(F)(F)CNCC(C)C)c1. The molecule has 0 aliphatic rings. The molecule has 0 unspecified atom stereocenters. The van der Waals surface area contributed by atoms with Crippen molar-refractivity contribution in [1.82, 2.24) is 5.32 Å². The minimum Gasteiger partial charge on any atom is -0.311 e. The highest BCUT2D eigenvalue weighted by Crippen LogP contribution is 2.28. The third-order valence-electron chi connectivity index (χ3n) is 2.54. The number of rotatable bonds is 5. The molecule has 0 amide bonds. The van der Waals surface area contributed by atoms with Gasteiger partial charge in [-0.05, 0) is 26.3 Å². The summed E-state index contributed by atoms with van der Waals surface area (Å²) in [5.41, 5.74) is 1.86. The number of hydrogen-bond acceptors (Lipinski definition) is 1. The van der Waals surface area contributed by atoms with Gasteiger partial charge in [-0.25, -0.2) is 0 Å². The fourth-order valence-electron chi connectivity index (χ4n) is 1.81. The van der Waals surface area contributed by atoms with Crippen LogP contribution in [0, 0.1) is 19.8 Å². The maximum atomic E-state index is 13.9. The topological polar surface area (TPSA) is 12.0 Å². The lowest BCUT2D eigenvalue weighted by Crippen LogP contribution is -2.33. The minimum atomic E-state index is -2.80. The van der Waals surface area contributed by atoms with Gasteiger partial charge >= 0.3 is 0 Å². The van der Waals surface area contributed by atoms with E-state index in [1.807, 2.05) is 33.8 Å². The van der Waals surface area contributed by atoms with Crippen molar-refractivity contribution in [3.63, 3.8) is 0 Å². The number of alkyl halides is 2. The summed E-state index contributed by atoms with van der Waals surface area (Å²) < 4.78 is 27.8. The van der Waals surface area contributed by atoms with E-state index in [2.05, 4.69) is 5.32 Å². The number of aryl methyl sites for hydroxylation is 2. The van der Waals surface area contributed by atoms with E-state index in [9.17, 15) is 8.78 Å². The smallest absolute Gasteiger partial charge is 0.285 e. The Morgan fingerprint density at radius 1 is 1.12 bits per heavy atom. The van der Waals surface area contributed by atoms with Gasteiger partial charge in [-0.2, -0.15) is 8.78 Å². The molecule has 0 saturated carbocycles. The lowest BCUT2D eigenvalue weighted by atomic mass is 10.0. The third kappa shape index (κ3) is 4.43. The average molecular weight is 241 g/mol. The van der Waals surface area contributed by atoms with Crippen LogP contribution in [0.15, 0.2) is 18.2 Å². The van der Waals surface area contributed by atoms with Gasteiger partial charge in [-0.3, -0.25) is 0 Å². The molecule has 3 heteroatoms. The van der Waals surface area contributed by atoms with Crippen molar-refractivity contribution in [2.24, 2.45) is 5.92 Å². The molecule has 1 rings (SSSR count). The summed E-state index contributed by atoms with van der Waals surface area (Å²) in [5.74, 6) is -2.42. The number of benzene rings is 1. The van der Waals surface area contributed by atoms with Crippen molar-refractivity contribution in [2.45, 2.75) is 33.6 Å². The van der Waals surface area contributed by atoms with E-state index in [1.54, 1.807) is 12.1 Å². The lowest BCUT2D eigenvalue weighted by Gasteiger charge is -2.19. The van der Waals surface area contributed by atoms with Crippen molar-refractivity contribution >= 4 is 0 Å². The van der Waals surface area contributed by atoms with Crippen LogP contribution in [0.4, 0.5) is 8.78 Å². The maximum absolute atomic E-state index is 13.9. The average Bonchev–Trinajstić information content (AvgIpc) is 2.14. The molecule has 1 nitrogen and oxygen atoms in total. The van der Waals surface area contributed by atoms with Crippen LogP contribution in [0.3, 0.4) is 0 Å². The summed E-state index contributed by atoms with van der Waals surface area (Å²) in [6, 6.07) is 5.02. The monoisotopic (exact) mass is 241 g/mol. The number of nitrogens with one attached hydrogen (secondary N) is 1. The molecule has 0 saturated heterocycles. The van der Waals surface area contributed by atoms with Gasteiger partial charge < -0.3 is 5.32 Å². The predicted octanol–water partition coefficient (Wildman–Crippen LogP) is 3.64. The summed E-state index contributed by atoms with van der Waals surface area (Å²) >= 11 is 0. The zero-order chi connectivity index (χ0) is 13.1. The molecular formula is C14H21F2N. The van der Waals surface area contributed by atoms with Crippen LogP contribution in [0.5, 0.6) is 0 Å². The largest absolute Gasteiger partial charge is 0.311 e. The van der Waals surface area contributed by atoms with Gasteiger partial charge in [0.25, 0.3) is 5.92 Å². The van der Waals surface area contributed by atoms with E-state index in [4.69, 9.17) is 0 Å². The lowest BCUT2D eigenvalue weighted by molar-refractivity contribution is -0.00364. The van der Waals surface area contributed by atoms with Gasteiger partial charge in [-0.15, -0.1) is 0 Å². The minimum absolute atomic E-state index is 0.103. The first-order chi connectivity index (χ1) is 7.81. The molecule has 0 aliphatic heterocycles. The molecular weight excluding hydrogens is 220 g/mol. The van der Waals surface area contributed by atoms with Gasteiger partial charge in [0.15, 0.2) is 0 Å². The first-order valence-electron chi connectivity index (χ1n) is 5.98. The predicted molar refractivity (Wildman–Crippen MR) is 67.5 cm³/mol. The van der Waals surface area contributed by atoms with Crippen molar-refractivity contribution in [3.8, 4) is 0 Å². The first-order valence-corrected chi connectivity index (χ1v) is 5.98. The van der Waals surface area contributed by atoms with Gasteiger partial charge in [0.05, 0.1) is 6.54 Å². The Morgan fingerprint density at radius 3 is 2.12 bits per heavy atom. The molecule has 0 radical (unpaired) electrons. The molecule has 0 aliphatic carbocycles. The molecule has 96 valence electrons. The van der Waals surface area contributed by atoms with Crippen LogP contribution in [0.25, 0.3) is 0 Å². The molecule has 0 fully saturated rings. The highest BCUT2D eigenvalue weighted by molar-refractivity contribution is 5.31. The maximum Gasteiger partial charge on any atom is 0.285 e.